The topological polar surface area (TPSA) is 57.4 Å². The van der Waals surface area contributed by atoms with Gasteiger partial charge in [0.05, 0.1) is 16.8 Å². The maximum Gasteiger partial charge on any atom is 0.514 e. The maximum absolute atomic E-state index is 6.42. The Morgan fingerprint density at radius 3 is 2.20 bits per heavy atom. The van der Waals surface area contributed by atoms with Crippen LogP contribution >= 0.6 is 0 Å². The van der Waals surface area contributed by atoms with Gasteiger partial charge in [0.25, 0.3) is 0 Å². The predicted octanol–water partition coefficient (Wildman–Crippen LogP) is 1.64. The summed E-state index contributed by atoms with van der Waals surface area (Å²) in [6, 6.07) is 2.01. The Hall–Kier alpha value is -0.905. The van der Waals surface area contributed by atoms with Crippen LogP contribution in [0.25, 0.3) is 0 Å². The van der Waals surface area contributed by atoms with E-state index in [0.29, 0.717) is 0 Å². The summed E-state index contributed by atoms with van der Waals surface area (Å²) in [6.45, 7) is 10.3. The van der Waals surface area contributed by atoms with Crippen LogP contribution in [-0.2, 0) is 14.8 Å². The molecule has 0 amide bonds. The van der Waals surface area contributed by atoms with Crippen LogP contribution in [0.15, 0.2) is 12.3 Å². The van der Waals surface area contributed by atoms with Crippen LogP contribution in [0.2, 0.25) is 0 Å². The molecule has 0 spiro atoms. The SMILES string of the molecule is Cc1ccnc(B2OC(C)(C)C(C)(C)O2)c1C1(N)CC1. The summed E-state index contributed by atoms with van der Waals surface area (Å²) in [6.07, 6.45) is 3.82. The molecule has 2 aliphatic rings. The highest BCUT2D eigenvalue weighted by Crippen LogP contribution is 2.44. The number of pyridine rings is 1. The number of hydrogen-bond donors (Lipinski definition) is 1. The van der Waals surface area contributed by atoms with Gasteiger partial charge in [-0.15, -0.1) is 0 Å². The number of nitrogens with zero attached hydrogens (tertiary/aromatic N) is 1. The van der Waals surface area contributed by atoms with Crippen LogP contribution in [-0.4, -0.2) is 23.3 Å². The van der Waals surface area contributed by atoms with E-state index >= 15 is 0 Å². The molecule has 1 saturated heterocycles. The Morgan fingerprint density at radius 2 is 1.70 bits per heavy atom. The van der Waals surface area contributed by atoms with Gasteiger partial charge < -0.3 is 15.0 Å². The van der Waals surface area contributed by atoms with Gasteiger partial charge in [-0.05, 0) is 64.7 Å². The third-order valence-electron chi connectivity index (χ3n) is 4.95. The van der Waals surface area contributed by atoms with Crippen LogP contribution in [0, 0.1) is 6.92 Å². The molecule has 2 heterocycles. The fourth-order valence-electron chi connectivity index (χ4n) is 2.75. The van der Waals surface area contributed by atoms with E-state index in [1.54, 1.807) is 0 Å². The molecule has 2 N–H and O–H groups in total. The molecular formula is C15H23BN2O2. The van der Waals surface area contributed by atoms with Gasteiger partial charge in [0.1, 0.15) is 0 Å². The van der Waals surface area contributed by atoms with Crippen molar-refractivity contribution in [2.24, 2.45) is 5.73 Å². The van der Waals surface area contributed by atoms with E-state index in [1.807, 2.05) is 12.3 Å². The highest BCUT2D eigenvalue weighted by atomic mass is 16.7. The molecule has 0 bridgehead atoms. The largest absolute Gasteiger partial charge is 0.514 e. The van der Waals surface area contributed by atoms with Gasteiger partial charge in [0, 0.05) is 11.7 Å². The van der Waals surface area contributed by atoms with Crippen LogP contribution in [0.5, 0.6) is 0 Å². The Balaban J connectivity index is 2.03. The van der Waals surface area contributed by atoms with Crippen LogP contribution in [0.3, 0.4) is 0 Å². The second-order valence-electron chi connectivity index (χ2n) is 7.13. The summed E-state index contributed by atoms with van der Waals surface area (Å²) < 4.78 is 12.3. The minimum absolute atomic E-state index is 0.239. The van der Waals surface area contributed by atoms with E-state index in [9.17, 15) is 0 Å². The van der Waals surface area contributed by atoms with Crippen molar-refractivity contribution >= 4 is 12.7 Å². The summed E-state index contributed by atoms with van der Waals surface area (Å²) in [5, 5.41) is 0. The van der Waals surface area contributed by atoms with Crippen molar-refractivity contribution < 1.29 is 9.31 Å². The third-order valence-corrected chi connectivity index (χ3v) is 4.95. The first-order valence-electron chi connectivity index (χ1n) is 7.27. The van der Waals surface area contributed by atoms with Crippen molar-refractivity contribution in [2.45, 2.75) is 64.2 Å². The normalized spacial score (nSPS) is 25.8. The summed E-state index contributed by atoms with van der Waals surface area (Å²) in [5.41, 5.74) is 8.60. The quantitative estimate of drug-likeness (QED) is 0.833. The van der Waals surface area contributed by atoms with E-state index in [0.717, 1.165) is 24.0 Å². The Kier molecular flexibility index (Phi) is 2.85. The first kappa shape index (κ1) is 14.0. The molecule has 5 heteroatoms. The minimum Gasteiger partial charge on any atom is -0.398 e. The summed E-state index contributed by atoms with van der Waals surface area (Å²) in [7, 11) is -0.434. The highest BCUT2D eigenvalue weighted by Gasteiger charge is 2.55. The van der Waals surface area contributed by atoms with Gasteiger partial charge in [-0.3, -0.25) is 4.98 Å². The second kappa shape index (κ2) is 4.06. The summed E-state index contributed by atoms with van der Waals surface area (Å²) in [4.78, 5) is 4.53. The smallest absolute Gasteiger partial charge is 0.398 e. The van der Waals surface area contributed by atoms with E-state index in [4.69, 9.17) is 15.0 Å². The number of rotatable bonds is 2. The average Bonchev–Trinajstić information content (AvgIpc) is 3.00. The molecule has 1 aromatic rings. The minimum atomic E-state index is -0.434. The second-order valence-corrected chi connectivity index (χ2v) is 7.13. The number of hydrogen-bond acceptors (Lipinski definition) is 4. The third kappa shape index (κ3) is 2.00. The van der Waals surface area contributed by atoms with Gasteiger partial charge in [0.2, 0.25) is 0 Å². The lowest BCUT2D eigenvalue weighted by Gasteiger charge is -2.32. The molecule has 1 aliphatic heterocycles. The molecule has 1 aliphatic carbocycles. The van der Waals surface area contributed by atoms with Crippen LogP contribution in [0.4, 0.5) is 0 Å². The van der Waals surface area contributed by atoms with Crippen molar-refractivity contribution in [2.75, 3.05) is 0 Å². The van der Waals surface area contributed by atoms with Gasteiger partial charge >= 0.3 is 7.12 Å². The Morgan fingerprint density at radius 1 is 1.15 bits per heavy atom. The predicted molar refractivity (Wildman–Crippen MR) is 79.8 cm³/mol. The van der Waals surface area contributed by atoms with Crippen molar-refractivity contribution in [1.82, 2.24) is 4.98 Å². The average molecular weight is 274 g/mol. The fourth-order valence-corrected chi connectivity index (χ4v) is 2.75. The summed E-state index contributed by atoms with van der Waals surface area (Å²) in [5.74, 6) is 0. The van der Waals surface area contributed by atoms with Crippen LogP contribution in [0.1, 0.15) is 51.7 Å². The molecular weight excluding hydrogens is 251 g/mol. The highest BCUT2D eigenvalue weighted by molar-refractivity contribution is 6.61. The molecule has 0 atom stereocenters. The standard InChI is InChI=1S/C15H23BN2O2/c1-10-6-9-18-12(11(10)15(17)7-8-15)16-19-13(2,3)14(4,5)20-16/h6,9H,7-8,17H2,1-5H3. The fraction of sp³-hybridized carbons (Fsp3) is 0.667. The molecule has 20 heavy (non-hydrogen) atoms. The molecule has 108 valence electrons. The zero-order valence-electron chi connectivity index (χ0n) is 13.0. The molecule has 0 radical (unpaired) electrons. The van der Waals surface area contributed by atoms with Crippen molar-refractivity contribution in [3.63, 3.8) is 0 Å². The Bertz CT molecular complexity index is 537. The lowest BCUT2D eigenvalue weighted by molar-refractivity contribution is 0.00578. The van der Waals surface area contributed by atoms with E-state index in [2.05, 4.69) is 39.6 Å². The molecule has 1 aromatic heterocycles. The van der Waals surface area contributed by atoms with Gasteiger partial charge in [-0.25, -0.2) is 0 Å². The lowest BCUT2D eigenvalue weighted by atomic mass is 9.77. The maximum atomic E-state index is 6.42. The zero-order valence-corrected chi connectivity index (χ0v) is 13.0. The van der Waals surface area contributed by atoms with E-state index in [-0.39, 0.29) is 16.7 Å². The van der Waals surface area contributed by atoms with Gasteiger partial charge in [-0.2, -0.15) is 0 Å². The monoisotopic (exact) mass is 274 g/mol. The lowest BCUT2D eigenvalue weighted by Crippen LogP contribution is -2.43. The molecule has 3 rings (SSSR count). The molecule has 1 saturated carbocycles. The number of aromatic nitrogens is 1. The van der Waals surface area contributed by atoms with E-state index in [1.165, 1.54) is 5.56 Å². The molecule has 4 nitrogen and oxygen atoms in total. The summed E-state index contributed by atoms with van der Waals surface area (Å²) >= 11 is 0. The molecule has 0 aromatic carbocycles. The van der Waals surface area contributed by atoms with Crippen molar-refractivity contribution in [1.29, 1.82) is 0 Å². The first-order valence-corrected chi connectivity index (χ1v) is 7.27. The van der Waals surface area contributed by atoms with Crippen molar-refractivity contribution in [3.05, 3.63) is 23.4 Å². The molecule has 0 unspecified atom stereocenters. The van der Waals surface area contributed by atoms with Crippen molar-refractivity contribution in [3.8, 4) is 0 Å². The van der Waals surface area contributed by atoms with E-state index < -0.39 is 7.12 Å². The van der Waals surface area contributed by atoms with Gasteiger partial charge in [-0.1, -0.05) is 0 Å². The number of aryl methyl sites for hydroxylation is 1. The first-order chi connectivity index (χ1) is 9.16. The van der Waals surface area contributed by atoms with Crippen LogP contribution < -0.4 is 11.3 Å². The molecule has 2 fully saturated rings. The Labute approximate surface area is 121 Å². The van der Waals surface area contributed by atoms with Gasteiger partial charge in [0.15, 0.2) is 0 Å². The number of nitrogens with two attached hydrogens (primary N) is 1. The zero-order chi connectivity index (χ0) is 14.8.